The van der Waals surface area contributed by atoms with Crippen molar-refractivity contribution < 1.29 is 9.47 Å². The van der Waals surface area contributed by atoms with E-state index in [0.29, 0.717) is 0 Å². The highest BCUT2D eigenvalue weighted by Crippen LogP contribution is 2.37. The maximum Gasteiger partial charge on any atom is 0.184 e. The molecule has 1 aliphatic heterocycles. The van der Waals surface area contributed by atoms with Gasteiger partial charge in [0, 0.05) is 5.56 Å². The highest BCUT2D eigenvalue weighted by molar-refractivity contribution is 5.35. The molecule has 1 saturated heterocycles. The second kappa shape index (κ2) is 6.28. The summed E-state index contributed by atoms with van der Waals surface area (Å²) in [5.74, 6) is 1.63. The number of aryl methyl sites for hydroxylation is 1. The minimum atomic E-state index is -0.135. The molecule has 2 fully saturated rings. The quantitative estimate of drug-likeness (QED) is 0.802. The zero-order valence-electron chi connectivity index (χ0n) is 12.7. The van der Waals surface area contributed by atoms with Crippen LogP contribution in [0.1, 0.15) is 68.4 Å². The van der Waals surface area contributed by atoms with Gasteiger partial charge in [0.25, 0.3) is 0 Å². The van der Waals surface area contributed by atoms with Gasteiger partial charge in [0.05, 0.1) is 13.2 Å². The first-order valence-electron chi connectivity index (χ1n) is 8.14. The van der Waals surface area contributed by atoms with Crippen LogP contribution in [0.15, 0.2) is 18.2 Å². The van der Waals surface area contributed by atoms with Gasteiger partial charge in [0.1, 0.15) is 0 Å². The lowest BCUT2D eigenvalue weighted by atomic mass is 9.78. The highest BCUT2D eigenvalue weighted by Gasteiger charge is 2.24. The first-order valence-corrected chi connectivity index (χ1v) is 8.14. The number of ether oxygens (including phenoxy) is 2. The molecular weight excluding hydrogens is 248 g/mol. The van der Waals surface area contributed by atoms with Gasteiger partial charge in [-0.2, -0.15) is 0 Å². The second-order valence-electron chi connectivity index (χ2n) is 6.35. The highest BCUT2D eigenvalue weighted by atomic mass is 16.7. The van der Waals surface area contributed by atoms with Crippen molar-refractivity contribution in [1.29, 1.82) is 0 Å². The van der Waals surface area contributed by atoms with Gasteiger partial charge in [-0.15, -0.1) is 0 Å². The largest absolute Gasteiger partial charge is 0.346 e. The van der Waals surface area contributed by atoms with E-state index in [9.17, 15) is 0 Å². The number of hydrogen-bond acceptors (Lipinski definition) is 2. The Morgan fingerprint density at radius 2 is 1.95 bits per heavy atom. The van der Waals surface area contributed by atoms with Crippen LogP contribution in [0, 0.1) is 5.92 Å². The molecule has 0 spiro atoms. The van der Waals surface area contributed by atoms with Gasteiger partial charge in [-0.1, -0.05) is 44.9 Å². The maximum atomic E-state index is 5.66. The van der Waals surface area contributed by atoms with Gasteiger partial charge in [-0.3, -0.25) is 0 Å². The Bertz CT molecular complexity index is 449. The SMILES string of the molecule is CCc1cc(C2CCCC(C)C2)ccc1C1OCCO1. The van der Waals surface area contributed by atoms with Crippen LogP contribution in [0.3, 0.4) is 0 Å². The molecule has 1 saturated carbocycles. The first-order chi connectivity index (χ1) is 9.78. The van der Waals surface area contributed by atoms with Crippen molar-refractivity contribution in [3.63, 3.8) is 0 Å². The van der Waals surface area contributed by atoms with Crippen LogP contribution in [-0.4, -0.2) is 13.2 Å². The molecule has 2 nitrogen and oxygen atoms in total. The third-order valence-electron chi connectivity index (χ3n) is 4.83. The normalized spacial score (nSPS) is 27.9. The molecule has 1 aromatic rings. The number of rotatable bonds is 3. The predicted octanol–water partition coefficient (Wildman–Crippen LogP) is 4.59. The van der Waals surface area contributed by atoms with E-state index in [1.165, 1.54) is 42.4 Å². The van der Waals surface area contributed by atoms with E-state index in [0.717, 1.165) is 31.5 Å². The van der Waals surface area contributed by atoms with Gasteiger partial charge in [-0.25, -0.2) is 0 Å². The van der Waals surface area contributed by atoms with Gasteiger partial charge in [0.15, 0.2) is 6.29 Å². The molecule has 0 amide bonds. The first kappa shape index (κ1) is 14.1. The number of benzene rings is 1. The molecule has 0 N–H and O–H groups in total. The topological polar surface area (TPSA) is 18.5 Å². The molecule has 3 rings (SSSR count). The van der Waals surface area contributed by atoms with Gasteiger partial charge < -0.3 is 9.47 Å². The van der Waals surface area contributed by atoms with E-state index in [-0.39, 0.29) is 6.29 Å². The molecule has 1 aliphatic carbocycles. The van der Waals surface area contributed by atoms with Crippen LogP contribution in [0.5, 0.6) is 0 Å². The Morgan fingerprint density at radius 3 is 2.65 bits per heavy atom. The molecule has 1 heterocycles. The summed E-state index contributed by atoms with van der Waals surface area (Å²) < 4.78 is 11.3. The van der Waals surface area contributed by atoms with Crippen molar-refractivity contribution in [2.75, 3.05) is 13.2 Å². The lowest BCUT2D eigenvalue weighted by Crippen LogP contribution is -2.12. The summed E-state index contributed by atoms with van der Waals surface area (Å²) in [5.41, 5.74) is 4.15. The molecule has 1 aromatic carbocycles. The summed E-state index contributed by atoms with van der Waals surface area (Å²) in [6, 6.07) is 6.95. The zero-order chi connectivity index (χ0) is 13.9. The monoisotopic (exact) mass is 274 g/mol. The molecule has 2 unspecified atom stereocenters. The average molecular weight is 274 g/mol. The minimum absolute atomic E-state index is 0.135. The van der Waals surface area contributed by atoms with E-state index in [2.05, 4.69) is 32.0 Å². The van der Waals surface area contributed by atoms with E-state index in [4.69, 9.17) is 9.47 Å². The Kier molecular flexibility index (Phi) is 4.42. The van der Waals surface area contributed by atoms with Crippen LogP contribution < -0.4 is 0 Å². The molecule has 110 valence electrons. The van der Waals surface area contributed by atoms with Crippen LogP contribution >= 0.6 is 0 Å². The third-order valence-corrected chi connectivity index (χ3v) is 4.83. The minimum Gasteiger partial charge on any atom is -0.346 e. The van der Waals surface area contributed by atoms with Gasteiger partial charge >= 0.3 is 0 Å². The van der Waals surface area contributed by atoms with Gasteiger partial charge in [-0.05, 0) is 42.2 Å². The fraction of sp³-hybridized carbons (Fsp3) is 0.667. The van der Waals surface area contributed by atoms with Gasteiger partial charge in [0.2, 0.25) is 0 Å². The summed E-state index contributed by atoms with van der Waals surface area (Å²) in [6.07, 6.45) is 6.39. The van der Waals surface area contributed by atoms with Crippen molar-refractivity contribution in [2.24, 2.45) is 5.92 Å². The Labute approximate surface area is 122 Å². The van der Waals surface area contributed by atoms with E-state index in [1.54, 1.807) is 0 Å². The zero-order valence-corrected chi connectivity index (χ0v) is 12.7. The number of hydrogen-bond donors (Lipinski definition) is 0. The lowest BCUT2D eigenvalue weighted by Gasteiger charge is -2.28. The van der Waals surface area contributed by atoms with Crippen molar-refractivity contribution >= 4 is 0 Å². The molecule has 2 aliphatic rings. The molecule has 0 aromatic heterocycles. The molecular formula is C18H26O2. The van der Waals surface area contributed by atoms with Crippen molar-refractivity contribution in [2.45, 2.75) is 58.2 Å². The standard InChI is InChI=1S/C18H26O2/c1-3-14-12-16(15-6-4-5-13(2)11-15)7-8-17(14)18-19-9-10-20-18/h7-8,12-13,15,18H,3-6,9-11H2,1-2H3. The predicted molar refractivity (Wildman–Crippen MR) is 80.8 cm³/mol. The smallest absolute Gasteiger partial charge is 0.184 e. The van der Waals surface area contributed by atoms with Crippen molar-refractivity contribution in [3.05, 3.63) is 34.9 Å². The summed E-state index contributed by atoms with van der Waals surface area (Å²) in [4.78, 5) is 0. The van der Waals surface area contributed by atoms with E-state index >= 15 is 0 Å². The van der Waals surface area contributed by atoms with Crippen LogP contribution in [0.2, 0.25) is 0 Å². The average Bonchev–Trinajstić information content (AvgIpc) is 3.00. The molecule has 2 atom stereocenters. The van der Waals surface area contributed by atoms with Crippen molar-refractivity contribution in [1.82, 2.24) is 0 Å². The second-order valence-corrected chi connectivity index (χ2v) is 6.35. The van der Waals surface area contributed by atoms with Crippen LogP contribution in [0.25, 0.3) is 0 Å². The summed E-state index contributed by atoms with van der Waals surface area (Å²) >= 11 is 0. The molecule has 0 bridgehead atoms. The summed E-state index contributed by atoms with van der Waals surface area (Å²) in [5, 5.41) is 0. The molecule has 20 heavy (non-hydrogen) atoms. The summed E-state index contributed by atoms with van der Waals surface area (Å²) in [7, 11) is 0. The van der Waals surface area contributed by atoms with Crippen LogP contribution in [0.4, 0.5) is 0 Å². The van der Waals surface area contributed by atoms with E-state index in [1.807, 2.05) is 0 Å². The van der Waals surface area contributed by atoms with E-state index < -0.39 is 0 Å². The fourth-order valence-electron chi connectivity index (χ4n) is 3.69. The van der Waals surface area contributed by atoms with Crippen molar-refractivity contribution in [3.8, 4) is 0 Å². The fourth-order valence-corrected chi connectivity index (χ4v) is 3.69. The summed E-state index contributed by atoms with van der Waals surface area (Å²) in [6.45, 7) is 6.05. The van der Waals surface area contributed by atoms with Crippen LogP contribution in [-0.2, 0) is 15.9 Å². The lowest BCUT2D eigenvalue weighted by molar-refractivity contribution is -0.0447. The Balaban J connectivity index is 1.82. The Morgan fingerprint density at radius 1 is 1.15 bits per heavy atom. The maximum absolute atomic E-state index is 5.66. The molecule has 0 radical (unpaired) electrons. The third kappa shape index (κ3) is 2.91. The molecule has 2 heteroatoms. The Hall–Kier alpha value is -0.860.